The summed E-state index contributed by atoms with van der Waals surface area (Å²) in [6.45, 7) is 7.88. The van der Waals surface area contributed by atoms with Gasteiger partial charge in [-0.1, -0.05) is 30.3 Å². The summed E-state index contributed by atoms with van der Waals surface area (Å²) >= 11 is 0. The van der Waals surface area contributed by atoms with E-state index in [1.807, 2.05) is 64.1 Å². The van der Waals surface area contributed by atoms with Crippen LogP contribution in [0.4, 0.5) is 4.79 Å². The molecule has 4 rings (SSSR count). The van der Waals surface area contributed by atoms with Gasteiger partial charge in [0.05, 0.1) is 19.2 Å². The molecule has 1 aliphatic rings. The van der Waals surface area contributed by atoms with Gasteiger partial charge in [0, 0.05) is 5.56 Å². The Morgan fingerprint density at radius 3 is 2.44 bits per heavy atom. The minimum absolute atomic E-state index is 0.144. The second-order valence-corrected chi connectivity index (χ2v) is 10.2. The quantitative estimate of drug-likeness (QED) is 0.409. The molecule has 0 bridgehead atoms. The zero-order valence-electron chi connectivity index (χ0n) is 21.6. The molecule has 36 heavy (non-hydrogen) atoms. The van der Waals surface area contributed by atoms with Gasteiger partial charge in [0.25, 0.3) is 5.91 Å². The van der Waals surface area contributed by atoms with E-state index >= 15 is 0 Å². The van der Waals surface area contributed by atoms with Crippen LogP contribution in [0.25, 0.3) is 10.8 Å². The number of amides is 2. The highest BCUT2D eigenvalue weighted by atomic mass is 16.6. The third-order valence-electron chi connectivity index (χ3n) is 6.18. The minimum atomic E-state index is -0.555. The first kappa shape index (κ1) is 25.4. The van der Waals surface area contributed by atoms with E-state index in [4.69, 9.17) is 14.2 Å². The van der Waals surface area contributed by atoms with Crippen molar-refractivity contribution in [3.05, 3.63) is 71.3 Å². The summed E-state index contributed by atoms with van der Waals surface area (Å²) in [7, 11) is 1.66. The lowest BCUT2D eigenvalue weighted by molar-refractivity contribution is 0.0520. The fourth-order valence-corrected chi connectivity index (χ4v) is 4.24. The Bertz CT molecular complexity index is 1270. The molecule has 0 heterocycles. The van der Waals surface area contributed by atoms with Gasteiger partial charge in [0.1, 0.15) is 23.7 Å². The first-order chi connectivity index (χ1) is 17.1. The number of hydrogen-bond acceptors (Lipinski definition) is 5. The Hall–Kier alpha value is -3.74. The molecule has 2 N–H and O–H groups in total. The number of methoxy groups -OCH3 is 1. The van der Waals surface area contributed by atoms with Crippen LogP contribution in [0.1, 0.15) is 55.1 Å². The lowest BCUT2D eigenvalue weighted by Gasteiger charge is -2.22. The lowest BCUT2D eigenvalue weighted by Crippen LogP contribution is -2.35. The van der Waals surface area contributed by atoms with E-state index in [1.165, 1.54) is 0 Å². The highest BCUT2D eigenvalue weighted by Gasteiger charge is 2.47. The molecule has 0 aliphatic heterocycles. The summed E-state index contributed by atoms with van der Waals surface area (Å²) in [5, 5.41) is 8.15. The third kappa shape index (κ3) is 5.90. The van der Waals surface area contributed by atoms with Gasteiger partial charge < -0.3 is 24.8 Å². The van der Waals surface area contributed by atoms with Gasteiger partial charge in [-0.3, -0.25) is 4.79 Å². The van der Waals surface area contributed by atoms with Gasteiger partial charge in [-0.25, -0.2) is 4.79 Å². The molecular weight excluding hydrogens is 456 g/mol. The molecule has 3 aromatic carbocycles. The van der Waals surface area contributed by atoms with Crippen LogP contribution in [-0.4, -0.2) is 37.9 Å². The maximum atomic E-state index is 13.4. The zero-order chi connectivity index (χ0) is 25.9. The second-order valence-electron chi connectivity index (χ2n) is 10.2. The standard InChI is InChI=1S/C29H34N2O5/c1-19-10-11-21(35-15-14-30-27(33)36-28(2,3)4)17-24(19)26(32)31-29(12-13-29)25-18-22(34-5)16-20-8-6-7-9-23(20)25/h6-11,16-18H,12-15H2,1-5H3,(H,30,33)(H,31,32). The molecule has 0 spiro atoms. The summed E-state index contributed by atoms with van der Waals surface area (Å²) < 4.78 is 16.5. The van der Waals surface area contributed by atoms with Crippen molar-refractivity contribution in [2.45, 2.75) is 51.7 Å². The van der Waals surface area contributed by atoms with Crippen molar-refractivity contribution in [2.75, 3.05) is 20.3 Å². The van der Waals surface area contributed by atoms with Gasteiger partial charge in [-0.15, -0.1) is 0 Å². The Labute approximate surface area is 212 Å². The lowest BCUT2D eigenvalue weighted by atomic mass is 9.95. The van der Waals surface area contributed by atoms with E-state index in [2.05, 4.69) is 22.8 Å². The van der Waals surface area contributed by atoms with Crippen LogP contribution in [-0.2, 0) is 10.3 Å². The monoisotopic (exact) mass is 490 g/mol. The minimum Gasteiger partial charge on any atom is -0.497 e. The van der Waals surface area contributed by atoms with Gasteiger partial charge in [-0.05, 0) is 86.7 Å². The number of ether oxygens (including phenoxy) is 3. The number of hydrogen-bond donors (Lipinski definition) is 2. The number of aryl methyl sites for hydroxylation is 1. The van der Waals surface area contributed by atoms with E-state index < -0.39 is 17.2 Å². The molecule has 3 aromatic rings. The molecule has 1 aliphatic carbocycles. The zero-order valence-corrected chi connectivity index (χ0v) is 21.6. The SMILES string of the molecule is COc1cc(C2(NC(=O)c3cc(OCCNC(=O)OC(C)(C)C)ccc3C)CC2)c2ccccc2c1. The summed E-state index contributed by atoms with van der Waals surface area (Å²) in [4.78, 5) is 25.2. The van der Waals surface area contributed by atoms with Crippen molar-refractivity contribution < 1.29 is 23.8 Å². The normalized spacial score (nSPS) is 14.1. The smallest absolute Gasteiger partial charge is 0.407 e. The molecular formula is C29H34N2O5. The summed E-state index contributed by atoms with van der Waals surface area (Å²) in [6, 6.07) is 17.6. The molecule has 0 aromatic heterocycles. The summed E-state index contributed by atoms with van der Waals surface area (Å²) in [5.41, 5.74) is 1.51. The summed E-state index contributed by atoms with van der Waals surface area (Å²) in [5.74, 6) is 1.19. The Balaban J connectivity index is 1.45. The highest BCUT2D eigenvalue weighted by Crippen LogP contribution is 2.49. The summed E-state index contributed by atoms with van der Waals surface area (Å²) in [6.07, 6.45) is 1.23. The molecule has 7 heteroatoms. The number of carbonyl (C=O) groups excluding carboxylic acids is 2. The van der Waals surface area contributed by atoms with Crippen molar-refractivity contribution >= 4 is 22.8 Å². The number of carbonyl (C=O) groups is 2. The maximum absolute atomic E-state index is 13.4. The van der Waals surface area contributed by atoms with Crippen LogP contribution >= 0.6 is 0 Å². The van der Waals surface area contributed by atoms with Crippen LogP contribution in [0.2, 0.25) is 0 Å². The number of nitrogens with one attached hydrogen (secondary N) is 2. The number of alkyl carbamates (subject to hydrolysis) is 1. The number of fused-ring (bicyclic) bond motifs is 1. The van der Waals surface area contributed by atoms with E-state index in [0.717, 1.165) is 40.5 Å². The molecule has 2 amide bonds. The van der Waals surface area contributed by atoms with Crippen molar-refractivity contribution in [3.8, 4) is 11.5 Å². The van der Waals surface area contributed by atoms with Crippen molar-refractivity contribution in [3.63, 3.8) is 0 Å². The van der Waals surface area contributed by atoms with Crippen LogP contribution in [0, 0.1) is 6.92 Å². The van der Waals surface area contributed by atoms with Crippen LogP contribution in [0.5, 0.6) is 11.5 Å². The van der Waals surface area contributed by atoms with Crippen LogP contribution in [0.3, 0.4) is 0 Å². The van der Waals surface area contributed by atoms with Crippen molar-refractivity contribution in [1.82, 2.24) is 10.6 Å². The first-order valence-electron chi connectivity index (χ1n) is 12.2. The van der Waals surface area contributed by atoms with Gasteiger partial charge in [-0.2, -0.15) is 0 Å². The fraction of sp³-hybridized carbons (Fsp3) is 0.379. The van der Waals surface area contributed by atoms with E-state index in [0.29, 0.717) is 11.3 Å². The maximum Gasteiger partial charge on any atom is 0.407 e. The fourth-order valence-electron chi connectivity index (χ4n) is 4.24. The topological polar surface area (TPSA) is 85.9 Å². The number of benzene rings is 3. The molecule has 0 radical (unpaired) electrons. The van der Waals surface area contributed by atoms with Crippen molar-refractivity contribution in [1.29, 1.82) is 0 Å². The average molecular weight is 491 g/mol. The third-order valence-corrected chi connectivity index (χ3v) is 6.18. The van der Waals surface area contributed by atoms with Crippen molar-refractivity contribution in [2.24, 2.45) is 0 Å². The molecule has 0 unspecified atom stereocenters. The Morgan fingerprint density at radius 1 is 1.00 bits per heavy atom. The predicted octanol–water partition coefficient (Wildman–Crippen LogP) is 5.48. The highest BCUT2D eigenvalue weighted by molar-refractivity contribution is 5.98. The molecule has 7 nitrogen and oxygen atoms in total. The Morgan fingerprint density at radius 2 is 1.75 bits per heavy atom. The second kappa shape index (κ2) is 10.1. The molecule has 0 saturated heterocycles. The van der Waals surface area contributed by atoms with Gasteiger partial charge >= 0.3 is 6.09 Å². The Kier molecular flexibility index (Phi) is 7.11. The van der Waals surface area contributed by atoms with E-state index in [9.17, 15) is 9.59 Å². The predicted molar refractivity (Wildman–Crippen MR) is 140 cm³/mol. The van der Waals surface area contributed by atoms with E-state index in [1.54, 1.807) is 13.2 Å². The molecule has 0 atom stereocenters. The average Bonchev–Trinajstić information content (AvgIpc) is 3.61. The largest absolute Gasteiger partial charge is 0.497 e. The van der Waals surface area contributed by atoms with Gasteiger partial charge in [0.15, 0.2) is 0 Å². The molecule has 190 valence electrons. The molecule has 1 saturated carbocycles. The number of rotatable bonds is 8. The van der Waals surface area contributed by atoms with Crippen LogP contribution < -0.4 is 20.1 Å². The van der Waals surface area contributed by atoms with Crippen LogP contribution in [0.15, 0.2) is 54.6 Å². The molecule has 1 fully saturated rings. The van der Waals surface area contributed by atoms with E-state index in [-0.39, 0.29) is 19.1 Å². The first-order valence-corrected chi connectivity index (χ1v) is 12.2. The van der Waals surface area contributed by atoms with Gasteiger partial charge in [0.2, 0.25) is 0 Å².